The summed E-state index contributed by atoms with van der Waals surface area (Å²) in [5.74, 6) is 1.35. The number of hydrogen-bond acceptors (Lipinski definition) is 5. The molecule has 2 fully saturated rings. The highest BCUT2D eigenvalue weighted by Gasteiger charge is 2.47. The lowest BCUT2D eigenvalue weighted by molar-refractivity contribution is -0.111. The molecule has 0 bridgehead atoms. The third-order valence-corrected chi connectivity index (χ3v) is 8.08. The summed E-state index contributed by atoms with van der Waals surface area (Å²) in [5.41, 5.74) is 3.19. The van der Waals surface area contributed by atoms with Crippen molar-refractivity contribution >= 4 is 56.6 Å². The van der Waals surface area contributed by atoms with Crippen molar-refractivity contribution in [2.24, 2.45) is 11.3 Å². The second-order valence-corrected chi connectivity index (χ2v) is 10.4. The SMILES string of the molecule is COc1cc2ncnc(Nc3ccc(F)c(CI)c3)c2cc1NC(=O)/C=C/CC1CC2(CCC2)C1. The van der Waals surface area contributed by atoms with Crippen LogP contribution in [0.3, 0.4) is 0 Å². The van der Waals surface area contributed by atoms with E-state index < -0.39 is 0 Å². The van der Waals surface area contributed by atoms with Gasteiger partial charge < -0.3 is 15.4 Å². The van der Waals surface area contributed by atoms with Gasteiger partial charge in [0.15, 0.2) is 0 Å². The number of methoxy groups -OCH3 is 1. The van der Waals surface area contributed by atoms with Crippen LogP contribution < -0.4 is 15.4 Å². The van der Waals surface area contributed by atoms with Crippen LogP contribution in [0, 0.1) is 17.2 Å². The molecule has 0 atom stereocenters. The van der Waals surface area contributed by atoms with Crippen LogP contribution in [0.4, 0.5) is 21.6 Å². The largest absolute Gasteiger partial charge is 0.494 e. The lowest BCUT2D eigenvalue weighted by Crippen LogP contribution is -2.42. The summed E-state index contributed by atoms with van der Waals surface area (Å²) in [7, 11) is 1.56. The van der Waals surface area contributed by atoms with Crippen LogP contribution in [0.2, 0.25) is 0 Å². The molecule has 1 heterocycles. The maximum absolute atomic E-state index is 13.9. The Morgan fingerprint density at radius 1 is 1.26 bits per heavy atom. The maximum Gasteiger partial charge on any atom is 0.248 e. The number of benzene rings is 2. The fourth-order valence-electron chi connectivity index (χ4n) is 5.30. The molecule has 2 aromatic carbocycles. The van der Waals surface area contributed by atoms with Gasteiger partial charge in [-0.3, -0.25) is 4.79 Å². The minimum atomic E-state index is -0.236. The van der Waals surface area contributed by atoms with Crippen LogP contribution in [0.15, 0.2) is 48.8 Å². The van der Waals surface area contributed by atoms with Crippen molar-refractivity contribution in [2.75, 3.05) is 17.7 Å². The van der Waals surface area contributed by atoms with Gasteiger partial charge in [0.05, 0.1) is 18.3 Å². The molecule has 182 valence electrons. The molecule has 2 N–H and O–H groups in total. The minimum absolute atomic E-state index is 0.197. The van der Waals surface area contributed by atoms with Gasteiger partial charge in [0.1, 0.15) is 23.7 Å². The van der Waals surface area contributed by atoms with Gasteiger partial charge in [0, 0.05) is 21.6 Å². The number of nitrogens with zero attached hydrogens (tertiary/aromatic N) is 2. The number of aromatic nitrogens is 2. The standard InChI is InChI=1S/C27H28FIN4O2/c1-35-24-12-22-20(26(31-16-30-22)32-19-6-7-21(28)18(10-19)15-29)11-23(24)33-25(34)5-2-4-17-13-27(14-17)8-3-9-27/h2,5-7,10-12,16-17H,3-4,8-9,13-15H2,1H3,(H,33,34)(H,30,31,32)/b5-2+. The average Bonchev–Trinajstić information content (AvgIpc) is 2.80. The quantitative estimate of drug-likeness (QED) is 0.170. The summed E-state index contributed by atoms with van der Waals surface area (Å²) < 4.78 is 20.0. The van der Waals surface area contributed by atoms with Gasteiger partial charge in [-0.1, -0.05) is 35.1 Å². The van der Waals surface area contributed by atoms with E-state index in [1.165, 1.54) is 44.5 Å². The molecule has 0 radical (unpaired) electrons. The molecule has 2 aliphatic rings. The van der Waals surface area contributed by atoms with E-state index >= 15 is 0 Å². The van der Waals surface area contributed by atoms with Crippen LogP contribution in [0.5, 0.6) is 5.75 Å². The first kappa shape index (κ1) is 24.0. The number of amides is 1. The Balaban J connectivity index is 1.32. The highest BCUT2D eigenvalue weighted by atomic mass is 127. The highest BCUT2D eigenvalue weighted by Crippen LogP contribution is 2.59. The Labute approximate surface area is 217 Å². The third kappa shape index (κ3) is 5.12. The molecule has 0 aliphatic heterocycles. The first-order valence-corrected chi connectivity index (χ1v) is 13.4. The van der Waals surface area contributed by atoms with E-state index in [-0.39, 0.29) is 11.7 Å². The molecule has 1 spiro atoms. The second kappa shape index (κ2) is 10.1. The van der Waals surface area contributed by atoms with E-state index in [1.54, 1.807) is 37.5 Å². The predicted molar refractivity (Wildman–Crippen MR) is 145 cm³/mol. The number of carbonyl (C=O) groups is 1. The second-order valence-electron chi connectivity index (χ2n) is 9.61. The van der Waals surface area contributed by atoms with E-state index in [9.17, 15) is 9.18 Å². The lowest BCUT2D eigenvalue weighted by Gasteiger charge is -2.54. The molecule has 0 saturated heterocycles. The number of allylic oxidation sites excluding steroid dienone is 1. The Morgan fingerprint density at radius 3 is 2.80 bits per heavy atom. The first-order valence-electron chi connectivity index (χ1n) is 11.9. The number of carbonyl (C=O) groups excluding carboxylic acids is 1. The molecular formula is C27H28FIN4O2. The van der Waals surface area contributed by atoms with Gasteiger partial charge in [-0.25, -0.2) is 14.4 Å². The predicted octanol–water partition coefficient (Wildman–Crippen LogP) is 6.92. The van der Waals surface area contributed by atoms with Crippen molar-refractivity contribution in [3.63, 3.8) is 0 Å². The number of rotatable bonds is 8. The van der Waals surface area contributed by atoms with Crippen molar-refractivity contribution in [1.82, 2.24) is 9.97 Å². The Morgan fingerprint density at radius 2 is 2.09 bits per heavy atom. The third-order valence-electron chi connectivity index (χ3n) is 7.26. The van der Waals surface area contributed by atoms with Crippen LogP contribution >= 0.6 is 22.6 Å². The zero-order chi connectivity index (χ0) is 24.4. The normalized spacial score (nSPS) is 16.8. The number of ether oxygens (including phenoxy) is 1. The van der Waals surface area contributed by atoms with Crippen LogP contribution in [-0.2, 0) is 9.22 Å². The van der Waals surface area contributed by atoms with Crippen LogP contribution in [0.25, 0.3) is 10.9 Å². The summed E-state index contributed by atoms with van der Waals surface area (Å²) in [6, 6.07) is 8.45. The van der Waals surface area contributed by atoms with Gasteiger partial charge in [-0.15, -0.1) is 0 Å². The van der Waals surface area contributed by atoms with Gasteiger partial charge >= 0.3 is 0 Å². The van der Waals surface area contributed by atoms with Gasteiger partial charge in [0.2, 0.25) is 5.91 Å². The van der Waals surface area contributed by atoms with E-state index in [4.69, 9.17) is 4.74 Å². The van der Waals surface area contributed by atoms with Crippen molar-refractivity contribution in [1.29, 1.82) is 0 Å². The molecule has 5 rings (SSSR count). The Kier molecular flexibility index (Phi) is 6.91. The monoisotopic (exact) mass is 586 g/mol. The average molecular weight is 586 g/mol. The number of hydrogen-bond donors (Lipinski definition) is 2. The van der Waals surface area contributed by atoms with E-state index in [0.29, 0.717) is 49.5 Å². The van der Waals surface area contributed by atoms with E-state index in [2.05, 4.69) is 43.2 Å². The highest BCUT2D eigenvalue weighted by molar-refractivity contribution is 14.1. The number of fused-ring (bicyclic) bond motifs is 1. The summed E-state index contributed by atoms with van der Waals surface area (Å²) in [4.78, 5) is 21.4. The molecular weight excluding hydrogens is 558 g/mol. The van der Waals surface area contributed by atoms with Gasteiger partial charge in [-0.05, 0) is 79.3 Å². The number of halogens is 2. The molecule has 0 unspecified atom stereocenters. The fourth-order valence-corrected chi connectivity index (χ4v) is 5.88. The van der Waals surface area contributed by atoms with Crippen molar-refractivity contribution in [3.05, 3.63) is 60.2 Å². The number of alkyl halides is 1. The van der Waals surface area contributed by atoms with E-state index in [1.807, 2.05) is 6.08 Å². The van der Waals surface area contributed by atoms with Gasteiger partial charge in [-0.2, -0.15) is 0 Å². The smallest absolute Gasteiger partial charge is 0.248 e. The Bertz CT molecular complexity index is 1280. The summed E-state index contributed by atoms with van der Waals surface area (Å²) in [6.45, 7) is 0. The number of anilines is 3. The molecule has 2 saturated carbocycles. The van der Waals surface area contributed by atoms with E-state index in [0.717, 1.165) is 12.1 Å². The molecule has 1 amide bonds. The lowest BCUT2D eigenvalue weighted by atomic mass is 9.51. The summed E-state index contributed by atoms with van der Waals surface area (Å²) >= 11 is 2.13. The topological polar surface area (TPSA) is 76.1 Å². The Hall–Kier alpha value is -2.75. The summed E-state index contributed by atoms with van der Waals surface area (Å²) in [6.07, 6.45) is 12.8. The van der Waals surface area contributed by atoms with Crippen LogP contribution in [-0.4, -0.2) is 23.0 Å². The first-order chi connectivity index (χ1) is 17.0. The zero-order valence-corrected chi connectivity index (χ0v) is 21.8. The molecule has 3 aromatic rings. The molecule has 8 heteroatoms. The summed E-state index contributed by atoms with van der Waals surface area (Å²) in [5, 5.41) is 6.90. The zero-order valence-electron chi connectivity index (χ0n) is 19.6. The van der Waals surface area contributed by atoms with Crippen molar-refractivity contribution in [3.8, 4) is 5.75 Å². The number of nitrogens with one attached hydrogen (secondary N) is 2. The molecule has 2 aliphatic carbocycles. The maximum atomic E-state index is 13.9. The van der Waals surface area contributed by atoms with Crippen molar-refractivity contribution < 1.29 is 13.9 Å². The molecule has 35 heavy (non-hydrogen) atoms. The molecule has 1 aromatic heterocycles. The van der Waals surface area contributed by atoms with Crippen molar-refractivity contribution in [2.45, 2.75) is 43.0 Å². The van der Waals surface area contributed by atoms with Crippen LogP contribution in [0.1, 0.15) is 44.1 Å². The van der Waals surface area contributed by atoms with Gasteiger partial charge in [0.25, 0.3) is 0 Å². The molecule has 6 nitrogen and oxygen atoms in total. The fraction of sp³-hybridized carbons (Fsp3) is 0.370. The minimum Gasteiger partial charge on any atom is -0.494 e.